The highest BCUT2D eigenvalue weighted by atomic mass is 19.4. The van der Waals surface area contributed by atoms with Crippen LogP contribution < -0.4 is 5.32 Å². The minimum absolute atomic E-state index is 0.0183. The third-order valence-corrected chi connectivity index (χ3v) is 3.18. The maximum atomic E-state index is 12.3. The number of carboxylic acids is 1. The summed E-state index contributed by atoms with van der Waals surface area (Å²) in [5.41, 5.74) is -2.34. The van der Waals surface area contributed by atoms with E-state index in [2.05, 4.69) is 15.5 Å². The predicted molar refractivity (Wildman–Crippen MR) is 59.4 cm³/mol. The van der Waals surface area contributed by atoms with E-state index in [-0.39, 0.29) is 11.7 Å². The average molecular weight is 275 g/mol. The Kier molecular flexibility index (Phi) is 3.11. The fraction of sp³-hybridized carbons (Fsp3) is 0.545. The van der Waals surface area contributed by atoms with E-state index in [1.54, 1.807) is 0 Å². The molecule has 8 heteroatoms. The number of hydrogen-bond acceptors (Lipinski definition) is 4. The lowest BCUT2D eigenvalue weighted by atomic mass is 9.96. The van der Waals surface area contributed by atoms with Gasteiger partial charge in [-0.05, 0) is 37.8 Å². The second-order valence-electron chi connectivity index (χ2n) is 4.71. The molecule has 1 atom stereocenters. The van der Waals surface area contributed by atoms with Crippen LogP contribution in [0.1, 0.15) is 25.5 Å². The van der Waals surface area contributed by atoms with Gasteiger partial charge in [0.05, 0.1) is 0 Å². The molecule has 5 nitrogen and oxygen atoms in total. The van der Waals surface area contributed by atoms with E-state index < -0.39 is 23.4 Å². The van der Waals surface area contributed by atoms with E-state index >= 15 is 0 Å². The Morgan fingerprint density at radius 2 is 2.00 bits per heavy atom. The van der Waals surface area contributed by atoms with E-state index in [1.807, 2.05) is 0 Å². The molecule has 0 saturated heterocycles. The summed E-state index contributed by atoms with van der Waals surface area (Å²) >= 11 is 0. The fourth-order valence-electron chi connectivity index (χ4n) is 1.81. The van der Waals surface area contributed by atoms with E-state index in [0.717, 1.165) is 25.0 Å². The zero-order valence-corrected chi connectivity index (χ0v) is 10.0. The normalized spacial score (nSPS) is 18.7. The van der Waals surface area contributed by atoms with Crippen molar-refractivity contribution >= 4 is 11.8 Å². The maximum absolute atomic E-state index is 12.3. The Hall–Kier alpha value is -1.86. The van der Waals surface area contributed by atoms with Crippen molar-refractivity contribution in [2.45, 2.75) is 31.5 Å². The third-order valence-electron chi connectivity index (χ3n) is 3.18. The molecule has 0 radical (unpaired) electrons. The molecule has 2 rings (SSSR count). The zero-order valence-electron chi connectivity index (χ0n) is 10.0. The number of aromatic nitrogens is 2. The molecule has 1 aromatic rings. The second-order valence-corrected chi connectivity index (χ2v) is 4.71. The Morgan fingerprint density at radius 1 is 1.37 bits per heavy atom. The number of carboxylic acid groups (broad SMARTS) is 1. The lowest BCUT2D eigenvalue weighted by molar-refractivity contribution is -0.143. The van der Waals surface area contributed by atoms with Gasteiger partial charge in [-0.3, -0.25) is 0 Å². The van der Waals surface area contributed by atoms with Gasteiger partial charge in [-0.25, -0.2) is 4.79 Å². The molecule has 1 saturated carbocycles. The smallest absolute Gasteiger partial charge is 0.435 e. The van der Waals surface area contributed by atoms with Gasteiger partial charge in [-0.2, -0.15) is 13.2 Å². The number of rotatable bonds is 4. The Balaban J connectivity index is 2.17. The van der Waals surface area contributed by atoms with Gasteiger partial charge in [0.1, 0.15) is 11.4 Å². The summed E-state index contributed by atoms with van der Waals surface area (Å²) in [6.45, 7) is 1.49. The Labute approximate surface area is 106 Å². The highest BCUT2D eigenvalue weighted by Crippen LogP contribution is 2.41. The number of carbonyl (C=O) groups is 1. The van der Waals surface area contributed by atoms with Crippen LogP contribution in [-0.2, 0) is 11.0 Å². The monoisotopic (exact) mass is 275 g/mol. The van der Waals surface area contributed by atoms with E-state index in [1.165, 1.54) is 6.92 Å². The molecule has 0 bridgehead atoms. The van der Waals surface area contributed by atoms with Crippen molar-refractivity contribution < 1.29 is 23.1 Å². The van der Waals surface area contributed by atoms with Crippen LogP contribution in [0.4, 0.5) is 19.0 Å². The molecule has 0 aliphatic heterocycles. The summed E-state index contributed by atoms with van der Waals surface area (Å²) in [6.07, 6.45) is -3.02. The highest BCUT2D eigenvalue weighted by molar-refractivity contribution is 5.82. The van der Waals surface area contributed by atoms with Gasteiger partial charge in [0.2, 0.25) is 0 Å². The fourth-order valence-corrected chi connectivity index (χ4v) is 1.81. The van der Waals surface area contributed by atoms with E-state index in [0.29, 0.717) is 0 Å². The van der Waals surface area contributed by atoms with Gasteiger partial charge in [0, 0.05) is 0 Å². The van der Waals surface area contributed by atoms with Crippen molar-refractivity contribution in [1.82, 2.24) is 10.2 Å². The van der Waals surface area contributed by atoms with Crippen LogP contribution in [0.5, 0.6) is 0 Å². The standard InChI is InChI=1S/C11H12F3N3O2/c1-10(9(18)19,6-2-3-6)15-8-5-4-7(16-17-8)11(12,13)14/h4-6H,2-3H2,1H3,(H,15,17)(H,18,19). The van der Waals surface area contributed by atoms with Crippen molar-refractivity contribution in [3.63, 3.8) is 0 Å². The molecule has 104 valence electrons. The van der Waals surface area contributed by atoms with Gasteiger partial charge >= 0.3 is 12.1 Å². The summed E-state index contributed by atoms with van der Waals surface area (Å²) in [4.78, 5) is 11.2. The van der Waals surface area contributed by atoms with Gasteiger partial charge in [-0.15, -0.1) is 10.2 Å². The van der Waals surface area contributed by atoms with Gasteiger partial charge in [0.15, 0.2) is 5.69 Å². The van der Waals surface area contributed by atoms with Crippen LogP contribution in [0.25, 0.3) is 0 Å². The lowest BCUT2D eigenvalue weighted by Crippen LogP contribution is -2.45. The average Bonchev–Trinajstić information content (AvgIpc) is 3.12. The van der Waals surface area contributed by atoms with E-state index in [4.69, 9.17) is 0 Å². The van der Waals surface area contributed by atoms with Crippen LogP contribution >= 0.6 is 0 Å². The number of nitrogens with zero attached hydrogens (tertiary/aromatic N) is 2. The first-order valence-corrected chi connectivity index (χ1v) is 5.66. The number of nitrogens with one attached hydrogen (secondary N) is 1. The molecular weight excluding hydrogens is 263 g/mol. The number of hydrogen-bond donors (Lipinski definition) is 2. The van der Waals surface area contributed by atoms with Gasteiger partial charge in [-0.1, -0.05) is 0 Å². The van der Waals surface area contributed by atoms with Crippen LogP contribution in [0.3, 0.4) is 0 Å². The third kappa shape index (κ3) is 2.77. The Bertz CT molecular complexity index is 485. The molecule has 1 aromatic heterocycles. The van der Waals surface area contributed by atoms with Crippen LogP contribution in [0.15, 0.2) is 12.1 Å². The van der Waals surface area contributed by atoms with Crippen molar-refractivity contribution in [2.75, 3.05) is 5.32 Å². The maximum Gasteiger partial charge on any atom is 0.435 e. The predicted octanol–water partition coefficient (Wildman–Crippen LogP) is 2.16. The molecule has 2 N–H and O–H groups in total. The first-order valence-electron chi connectivity index (χ1n) is 5.66. The first-order chi connectivity index (χ1) is 8.73. The molecule has 0 spiro atoms. The topological polar surface area (TPSA) is 75.1 Å². The van der Waals surface area contributed by atoms with Gasteiger partial charge in [0.25, 0.3) is 0 Å². The van der Waals surface area contributed by atoms with Crippen molar-refractivity contribution in [3.8, 4) is 0 Å². The first kappa shape index (κ1) is 13.6. The largest absolute Gasteiger partial charge is 0.480 e. The minimum Gasteiger partial charge on any atom is -0.480 e. The van der Waals surface area contributed by atoms with Crippen molar-refractivity contribution in [1.29, 1.82) is 0 Å². The van der Waals surface area contributed by atoms with E-state index in [9.17, 15) is 23.1 Å². The SMILES string of the molecule is CC(Nc1ccc(C(F)(F)F)nn1)(C(=O)O)C1CC1. The number of aliphatic carboxylic acids is 1. The number of halogens is 3. The number of alkyl halides is 3. The van der Waals surface area contributed by atoms with Crippen LogP contribution in [0, 0.1) is 5.92 Å². The molecule has 1 heterocycles. The molecule has 0 amide bonds. The second kappa shape index (κ2) is 4.36. The zero-order chi connectivity index (χ0) is 14.3. The summed E-state index contributed by atoms with van der Waals surface area (Å²) in [7, 11) is 0. The molecule has 1 aliphatic rings. The minimum atomic E-state index is -4.56. The lowest BCUT2D eigenvalue weighted by Gasteiger charge is -2.26. The van der Waals surface area contributed by atoms with Crippen LogP contribution in [0.2, 0.25) is 0 Å². The van der Waals surface area contributed by atoms with Crippen LogP contribution in [-0.4, -0.2) is 26.8 Å². The summed E-state index contributed by atoms with van der Waals surface area (Å²) < 4.78 is 36.9. The summed E-state index contributed by atoms with van der Waals surface area (Å²) in [5.74, 6) is -1.09. The quantitative estimate of drug-likeness (QED) is 0.880. The molecule has 1 unspecified atom stereocenters. The van der Waals surface area contributed by atoms with Crippen molar-refractivity contribution in [2.24, 2.45) is 5.92 Å². The molecule has 1 fully saturated rings. The molecule has 19 heavy (non-hydrogen) atoms. The summed E-state index contributed by atoms with van der Waals surface area (Å²) in [6, 6.07) is 1.85. The summed E-state index contributed by atoms with van der Waals surface area (Å²) in [5, 5.41) is 18.3. The molecule has 1 aliphatic carbocycles. The number of anilines is 1. The molecule has 0 aromatic carbocycles. The highest BCUT2D eigenvalue weighted by Gasteiger charge is 2.48. The van der Waals surface area contributed by atoms with Gasteiger partial charge < -0.3 is 10.4 Å². The Morgan fingerprint density at radius 3 is 2.37 bits per heavy atom. The molecular formula is C11H12F3N3O2. The van der Waals surface area contributed by atoms with Crippen molar-refractivity contribution in [3.05, 3.63) is 17.8 Å².